The van der Waals surface area contributed by atoms with E-state index in [1.54, 1.807) is 18.2 Å². The van der Waals surface area contributed by atoms with Crippen LogP contribution in [0.15, 0.2) is 18.2 Å². The minimum Gasteiger partial charge on any atom is -0.507 e. The fraction of sp³-hybridized carbons (Fsp3) is 0.100. The number of aromatic nitrogens is 2. The van der Waals surface area contributed by atoms with E-state index in [0.29, 0.717) is 22.1 Å². The Labute approximate surface area is 91.7 Å². The molecule has 0 atom stereocenters. The zero-order valence-electron chi connectivity index (χ0n) is 8.08. The van der Waals surface area contributed by atoms with E-state index >= 15 is 0 Å². The van der Waals surface area contributed by atoms with E-state index in [1.807, 2.05) is 6.92 Å². The molecule has 0 radical (unpaired) electrons. The Kier molecular flexibility index (Phi) is 2.28. The van der Waals surface area contributed by atoms with Crippen molar-refractivity contribution in [1.29, 1.82) is 0 Å². The summed E-state index contributed by atoms with van der Waals surface area (Å²) >= 11 is 5.97. The third kappa shape index (κ3) is 1.64. The normalized spacial score (nSPS) is 10.5. The molecule has 78 valence electrons. The molecule has 1 aromatic carbocycles. The smallest absolute Gasteiger partial charge is 0.145 e. The van der Waals surface area contributed by atoms with Crippen molar-refractivity contribution in [3.63, 3.8) is 0 Å². The zero-order valence-corrected chi connectivity index (χ0v) is 8.84. The Balaban J connectivity index is 2.66. The highest BCUT2D eigenvalue weighted by molar-refractivity contribution is 6.31. The van der Waals surface area contributed by atoms with Crippen molar-refractivity contribution >= 4 is 17.4 Å². The maximum absolute atomic E-state index is 9.73. The number of nitrogens with zero attached hydrogens (tertiary/aromatic N) is 1. The van der Waals surface area contributed by atoms with Crippen LogP contribution in [0.3, 0.4) is 0 Å². The van der Waals surface area contributed by atoms with Gasteiger partial charge in [-0.3, -0.25) is 5.10 Å². The molecule has 0 amide bonds. The molecule has 0 saturated carbocycles. The SMILES string of the molecule is Cc1c(Cl)ccc(O)c1-c1cc(N)n[nH]1. The predicted molar refractivity (Wildman–Crippen MR) is 59.8 cm³/mol. The first-order chi connectivity index (χ1) is 7.09. The van der Waals surface area contributed by atoms with Crippen LogP contribution in [0.25, 0.3) is 11.3 Å². The Morgan fingerprint density at radius 1 is 1.47 bits per heavy atom. The molecule has 0 aliphatic rings. The number of halogens is 1. The second kappa shape index (κ2) is 3.47. The van der Waals surface area contributed by atoms with Crippen molar-refractivity contribution in [2.75, 3.05) is 5.73 Å². The highest BCUT2D eigenvalue weighted by Crippen LogP contribution is 2.35. The second-order valence-corrected chi connectivity index (χ2v) is 3.68. The van der Waals surface area contributed by atoms with Crippen molar-refractivity contribution in [2.45, 2.75) is 6.92 Å². The van der Waals surface area contributed by atoms with Crippen molar-refractivity contribution < 1.29 is 5.11 Å². The van der Waals surface area contributed by atoms with Crippen molar-refractivity contribution in [3.8, 4) is 17.0 Å². The van der Waals surface area contributed by atoms with Gasteiger partial charge in [-0.1, -0.05) is 11.6 Å². The van der Waals surface area contributed by atoms with Crippen LogP contribution < -0.4 is 5.73 Å². The second-order valence-electron chi connectivity index (χ2n) is 3.27. The lowest BCUT2D eigenvalue weighted by Gasteiger charge is -2.07. The number of hydrogen-bond acceptors (Lipinski definition) is 3. The topological polar surface area (TPSA) is 74.9 Å². The number of hydrogen-bond donors (Lipinski definition) is 3. The first-order valence-corrected chi connectivity index (χ1v) is 4.76. The number of phenolic OH excluding ortho intramolecular Hbond substituents is 1. The van der Waals surface area contributed by atoms with Crippen LogP contribution in [0, 0.1) is 6.92 Å². The third-order valence-corrected chi connectivity index (χ3v) is 2.65. The molecule has 2 rings (SSSR count). The van der Waals surface area contributed by atoms with Gasteiger partial charge in [0.15, 0.2) is 0 Å². The Morgan fingerprint density at radius 3 is 2.80 bits per heavy atom. The summed E-state index contributed by atoms with van der Waals surface area (Å²) < 4.78 is 0. The lowest BCUT2D eigenvalue weighted by atomic mass is 10.0. The van der Waals surface area contributed by atoms with Gasteiger partial charge in [-0.2, -0.15) is 5.10 Å². The van der Waals surface area contributed by atoms with Crippen LogP contribution in [0.4, 0.5) is 5.82 Å². The fourth-order valence-electron chi connectivity index (χ4n) is 1.48. The first kappa shape index (κ1) is 9.86. The molecule has 4 N–H and O–H groups in total. The summed E-state index contributed by atoms with van der Waals surface area (Å²) in [7, 11) is 0. The summed E-state index contributed by atoms with van der Waals surface area (Å²) in [6.07, 6.45) is 0. The largest absolute Gasteiger partial charge is 0.507 e. The molecule has 2 aromatic rings. The number of phenols is 1. The summed E-state index contributed by atoms with van der Waals surface area (Å²) in [5, 5.41) is 16.9. The van der Waals surface area contributed by atoms with Crippen molar-refractivity contribution in [1.82, 2.24) is 10.2 Å². The van der Waals surface area contributed by atoms with Crippen LogP contribution in [-0.2, 0) is 0 Å². The number of anilines is 1. The van der Waals surface area contributed by atoms with Crippen LogP contribution in [0.1, 0.15) is 5.56 Å². The third-order valence-electron chi connectivity index (χ3n) is 2.24. The Bertz CT molecular complexity index is 507. The van der Waals surface area contributed by atoms with E-state index in [9.17, 15) is 5.11 Å². The van der Waals surface area contributed by atoms with Crippen LogP contribution in [0.2, 0.25) is 5.02 Å². The molecule has 4 nitrogen and oxygen atoms in total. The lowest BCUT2D eigenvalue weighted by molar-refractivity contribution is 0.476. The fourth-order valence-corrected chi connectivity index (χ4v) is 1.63. The van der Waals surface area contributed by atoms with Gasteiger partial charge in [0.05, 0.1) is 5.69 Å². The lowest BCUT2D eigenvalue weighted by Crippen LogP contribution is -1.86. The van der Waals surface area contributed by atoms with Gasteiger partial charge in [-0.15, -0.1) is 0 Å². The number of nitrogens with two attached hydrogens (primary N) is 1. The average molecular weight is 224 g/mol. The van der Waals surface area contributed by atoms with Crippen LogP contribution in [-0.4, -0.2) is 15.3 Å². The number of rotatable bonds is 1. The van der Waals surface area contributed by atoms with E-state index in [0.717, 1.165) is 5.56 Å². The molecule has 0 aliphatic heterocycles. The van der Waals surface area contributed by atoms with Crippen molar-refractivity contribution in [3.05, 3.63) is 28.8 Å². The number of nitrogens with one attached hydrogen (secondary N) is 1. The van der Waals surface area contributed by atoms with Gasteiger partial charge in [-0.05, 0) is 24.6 Å². The minimum atomic E-state index is 0.153. The summed E-state index contributed by atoms with van der Waals surface area (Å²) in [4.78, 5) is 0. The average Bonchev–Trinajstić information content (AvgIpc) is 2.59. The van der Waals surface area contributed by atoms with E-state index < -0.39 is 0 Å². The molecule has 0 unspecified atom stereocenters. The maximum atomic E-state index is 9.73. The van der Waals surface area contributed by atoms with Gasteiger partial charge in [-0.25, -0.2) is 0 Å². The maximum Gasteiger partial charge on any atom is 0.145 e. The molecule has 5 heteroatoms. The highest BCUT2D eigenvalue weighted by Gasteiger charge is 2.12. The number of benzene rings is 1. The highest BCUT2D eigenvalue weighted by atomic mass is 35.5. The van der Waals surface area contributed by atoms with Gasteiger partial charge < -0.3 is 10.8 Å². The van der Waals surface area contributed by atoms with Gasteiger partial charge in [0, 0.05) is 16.7 Å². The van der Waals surface area contributed by atoms with Gasteiger partial charge >= 0.3 is 0 Å². The molecular weight excluding hydrogens is 214 g/mol. The predicted octanol–water partition coefficient (Wildman–Crippen LogP) is 2.33. The summed E-state index contributed by atoms with van der Waals surface area (Å²) in [6.45, 7) is 1.83. The summed E-state index contributed by atoms with van der Waals surface area (Å²) in [5.41, 5.74) is 7.58. The quantitative estimate of drug-likeness (QED) is 0.695. The molecule has 0 bridgehead atoms. The van der Waals surface area contributed by atoms with E-state index in [4.69, 9.17) is 17.3 Å². The molecule has 15 heavy (non-hydrogen) atoms. The standard InChI is InChI=1S/C10H10ClN3O/c1-5-6(11)2-3-8(15)10(5)7-4-9(12)14-13-7/h2-4,15H,1H3,(H3,12,13,14). The number of aromatic amines is 1. The first-order valence-electron chi connectivity index (χ1n) is 4.39. The van der Waals surface area contributed by atoms with Crippen molar-refractivity contribution in [2.24, 2.45) is 0 Å². The zero-order chi connectivity index (χ0) is 11.0. The van der Waals surface area contributed by atoms with E-state index in [1.165, 1.54) is 0 Å². The van der Waals surface area contributed by atoms with Gasteiger partial charge in [0.25, 0.3) is 0 Å². The van der Waals surface area contributed by atoms with Gasteiger partial charge in [0.1, 0.15) is 11.6 Å². The van der Waals surface area contributed by atoms with Crippen LogP contribution >= 0.6 is 11.6 Å². The minimum absolute atomic E-state index is 0.153. The number of H-pyrrole nitrogens is 1. The molecular formula is C10H10ClN3O. The monoisotopic (exact) mass is 223 g/mol. The molecule has 0 fully saturated rings. The Hall–Kier alpha value is -1.68. The summed E-state index contributed by atoms with van der Waals surface area (Å²) in [5.74, 6) is 0.532. The number of nitrogen functional groups attached to an aromatic ring is 1. The molecule has 0 aliphatic carbocycles. The van der Waals surface area contributed by atoms with Gasteiger partial charge in [0.2, 0.25) is 0 Å². The van der Waals surface area contributed by atoms with Crippen LogP contribution in [0.5, 0.6) is 5.75 Å². The Morgan fingerprint density at radius 2 is 2.20 bits per heavy atom. The van der Waals surface area contributed by atoms with E-state index in [-0.39, 0.29) is 5.75 Å². The summed E-state index contributed by atoms with van der Waals surface area (Å²) in [6, 6.07) is 4.84. The molecule has 1 aromatic heterocycles. The van der Waals surface area contributed by atoms with E-state index in [2.05, 4.69) is 10.2 Å². The molecule has 0 spiro atoms. The molecule has 0 saturated heterocycles. The molecule has 1 heterocycles. The number of aromatic hydroxyl groups is 1.